The van der Waals surface area contributed by atoms with Crippen molar-refractivity contribution in [2.75, 3.05) is 6.54 Å². The number of carbonyl (C=O) groups is 4. The van der Waals surface area contributed by atoms with E-state index in [9.17, 15) is 24.3 Å². The molecule has 0 radical (unpaired) electrons. The summed E-state index contributed by atoms with van der Waals surface area (Å²) in [7, 11) is 0. The normalized spacial score (nSPS) is 18.0. The molecular weight excluding hydrogens is 715 g/mol. The van der Waals surface area contributed by atoms with Crippen molar-refractivity contribution in [2.45, 2.75) is 137 Å². The van der Waals surface area contributed by atoms with Crippen molar-refractivity contribution in [3.05, 3.63) is 75.9 Å². The number of nitrogens with zero attached hydrogens (tertiary/aromatic N) is 2. The lowest BCUT2D eigenvalue weighted by Crippen LogP contribution is -2.57. The average Bonchev–Trinajstić information content (AvgIpc) is 3.75. The van der Waals surface area contributed by atoms with E-state index in [1.165, 1.54) is 10.5 Å². The largest absolute Gasteiger partial charge is 0.391 e. The molecule has 1 aliphatic heterocycles. The van der Waals surface area contributed by atoms with Gasteiger partial charge in [-0.3, -0.25) is 19.2 Å². The summed E-state index contributed by atoms with van der Waals surface area (Å²) in [5, 5.41) is 16.6. The predicted molar refractivity (Wildman–Crippen MR) is 219 cm³/mol. The lowest BCUT2D eigenvalue weighted by atomic mass is 9.85. The lowest BCUT2D eigenvalue weighted by molar-refractivity contribution is -0.144. The quantitative estimate of drug-likeness (QED) is 0.106. The number of aromatic nitrogens is 1. The van der Waals surface area contributed by atoms with E-state index in [1.807, 2.05) is 71.3 Å². The molecular formula is C43H63N5O6S. The third kappa shape index (κ3) is 12.4. The molecule has 12 heteroatoms. The molecule has 1 aromatic heterocycles. The molecule has 1 fully saturated rings. The molecule has 0 bridgehead atoms. The molecule has 302 valence electrons. The number of hydrogen-bond donors (Lipinski definition) is 4. The average molecular weight is 778 g/mol. The summed E-state index contributed by atoms with van der Waals surface area (Å²) in [6.45, 7) is 16.2. The second-order valence-corrected chi connectivity index (χ2v) is 17.2. The van der Waals surface area contributed by atoms with E-state index in [1.54, 1.807) is 11.3 Å². The third-order valence-electron chi connectivity index (χ3n) is 10.7. The van der Waals surface area contributed by atoms with Crippen molar-refractivity contribution in [2.24, 2.45) is 17.1 Å². The van der Waals surface area contributed by atoms with Crippen LogP contribution in [0.5, 0.6) is 0 Å². The summed E-state index contributed by atoms with van der Waals surface area (Å²) >= 11 is 1.58. The number of benzene rings is 2. The van der Waals surface area contributed by atoms with E-state index >= 15 is 0 Å². The summed E-state index contributed by atoms with van der Waals surface area (Å²) in [6.07, 6.45) is 2.88. The molecule has 0 unspecified atom stereocenters. The molecule has 0 aliphatic carbocycles. The summed E-state index contributed by atoms with van der Waals surface area (Å²) < 4.78 is 6.09. The highest BCUT2D eigenvalue weighted by molar-refractivity contribution is 7.13. The second-order valence-electron chi connectivity index (χ2n) is 16.3. The topological polar surface area (TPSA) is 164 Å². The van der Waals surface area contributed by atoms with Crippen LogP contribution in [-0.4, -0.2) is 69.5 Å². The number of β-amino-alcohol motifs (C(OH)–C–C–N with tert-alkyl or cyclic N) is 1. The Bertz CT molecular complexity index is 1780. The van der Waals surface area contributed by atoms with Gasteiger partial charge >= 0.3 is 0 Å². The highest BCUT2D eigenvalue weighted by atomic mass is 32.1. The Balaban J connectivity index is 0.00000841. The number of carbonyl (C=O) groups excluding carboxylic acids is 4. The van der Waals surface area contributed by atoms with E-state index in [0.29, 0.717) is 25.9 Å². The minimum absolute atomic E-state index is 0. The van der Waals surface area contributed by atoms with Gasteiger partial charge in [-0.1, -0.05) is 70.2 Å². The maximum absolute atomic E-state index is 14.1. The molecule has 2 heterocycles. The van der Waals surface area contributed by atoms with Gasteiger partial charge < -0.3 is 31.1 Å². The van der Waals surface area contributed by atoms with Crippen LogP contribution in [0.25, 0.3) is 10.4 Å². The zero-order chi connectivity index (χ0) is 40.4. The van der Waals surface area contributed by atoms with Gasteiger partial charge in [-0.05, 0) is 92.5 Å². The first-order chi connectivity index (χ1) is 25.9. The standard InChI is InChI=1S/C43H61N5O6S.H2/c1-26(13-20-37(44)50)30(5)54-24-34-15-14-31(21-27(34)2)11-9-10-12-38(51)47-40(43(6,7)8)42(53)48-23-35(49)22-36(48)41(52)46-28(3)32-16-18-33(19-17-32)39-29(4)45-25-55-39;/h14-19,21,25-26,28,30,35-36,40,49H,9-13,20,22-24H2,1-8H3,(H2,44,50)(H,46,52)(H,47,51);1H/t26-,28-,30+,35+,36-,40+;/m0./s1. The first kappa shape index (κ1) is 43.6. The Morgan fingerprint density at radius 3 is 2.36 bits per heavy atom. The fraction of sp³-hybridized carbons (Fsp3) is 0.558. The van der Waals surface area contributed by atoms with Crippen molar-refractivity contribution < 1.29 is 30.4 Å². The van der Waals surface area contributed by atoms with Crippen molar-refractivity contribution in [3.8, 4) is 10.4 Å². The molecule has 1 aliphatic rings. The van der Waals surface area contributed by atoms with E-state index in [2.05, 4.69) is 47.7 Å². The van der Waals surface area contributed by atoms with Gasteiger partial charge in [-0.2, -0.15) is 0 Å². The molecule has 2 aromatic carbocycles. The third-order valence-corrected chi connectivity index (χ3v) is 11.7. The summed E-state index contributed by atoms with van der Waals surface area (Å²) in [4.78, 5) is 58.9. The summed E-state index contributed by atoms with van der Waals surface area (Å²) in [6, 6.07) is 12.3. The van der Waals surface area contributed by atoms with Gasteiger partial charge in [0.15, 0.2) is 0 Å². The van der Waals surface area contributed by atoms with E-state index in [4.69, 9.17) is 10.5 Å². The number of hydrogen-bond acceptors (Lipinski definition) is 8. The van der Waals surface area contributed by atoms with Crippen LogP contribution in [0, 0.1) is 25.2 Å². The van der Waals surface area contributed by atoms with Crippen LogP contribution in [0.15, 0.2) is 48.0 Å². The van der Waals surface area contributed by atoms with Gasteiger partial charge in [0.1, 0.15) is 12.1 Å². The van der Waals surface area contributed by atoms with Crippen LogP contribution in [0.2, 0.25) is 0 Å². The highest BCUT2D eigenvalue weighted by Crippen LogP contribution is 2.30. The SMILES string of the molecule is Cc1cc(CCCCC(=O)N[C@H](C(=O)N2C[C@H](O)C[C@H]2C(=O)N[C@@H](C)c2ccc(-c3scnc3C)cc2)C(C)(C)C)ccc1CO[C@H](C)[C@@H](C)CCC(N)=O.[HH]. The van der Waals surface area contributed by atoms with Gasteiger partial charge in [0.05, 0.1) is 40.9 Å². The molecule has 4 rings (SSSR count). The Kier molecular flexibility index (Phi) is 15.6. The van der Waals surface area contributed by atoms with Crippen LogP contribution >= 0.6 is 11.3 Å². The number of amides is 4. The van der Waals surface area contributed by atoms with E-state index < -0.39 is 23.6 Å². The Labute approximate surface area is 332 Å². The van der Waals surface area contributed by atoms with E-state index in [-0.39, 0.29) is 62.5 Å². The Hall–Kier alpha value is -4.13. The summed E-state index contributed by atoms with van der Waals surface area (Å²) in [5.41, 5.74) is 12.9. The number of unbranched alkanes of at least 4 members (excludes halogenated alkanes) is 1. The molecule has 0 saturated carbocycles. The predicted octanol–water partition coefficient (Wildman–Crippen LogP) is 6.56. The number of primary amides is 1. The van der Waals surface area contributed by atoms with Crippen LogP contribution in [0.1, 0.15) is 115 Å². The maximum Gasteiger partial charge on any atom is 0.246 e. The first-order valence-corrected chi connectivity index (χ1v) is 20.4. The number of aliphatic hydroxyl groups excluding tert-OH is 1. The van der Waals surface area contributed by atoms with Gasteiger partial charge in [0.25, 0.3) is 0 Å². The fourth-order valence-corrected chi connectivity index (χ4v) is 7.74. The van der Waals surface area contributed by atoms with Gasteiger partial charge in [-0.15, -0.1) is 11.3 Å². The molecule has 4 amide bonds. The number of nitrogens with one attached hydrogen (secondary N) is 2. The smallest absolute Gasteiger partial charge is 0.246 e. The molecule has 55 heavy (non-hydrogen) atoms. The monoisotopic (exact) mass is 777 g/mol. The zero-order valence-corrected chi connectivity index (χ0v) is 34.6. The number of aliphatic hydroxyl groups is 1. The molecule has 5 N–H and O–H groups in total. The summed E-state index contributed by atoms with van der Waals surface area (Å²) in [5.74, 6) is -0.999. The van der Waals surface area contributed by atoms with Crippen LogP contribution in [0.4, 0.5) is 0 Å². The molecule has 0 spiro atoms. The van der Waals surface area contributed by atoms with Crippen molar-refractivity contribution in [3.63, 3.8) is 0 Å². The number of aryl methyl sites for hydroxylation is 3. The molecule has 11 nitrogen and oxygen atoms in total. The number of ether oxygens (including phenoxy) is 1. The number of nitrogens with two attached hydrogens (primary N) is 1. The minimum atomic E-state index is -0.868. The minimum Gasteiger partial charge on any atom is -0.391 e. The van der Waals surface area contributed by atoms with Crippen molar-refractivity contribution in [1.29, 1.82) is 0 Å². The number of rotatable bonds is 18. The Morgan fingerprint density at radius 2 is 1.75 bits per heavy atom. The molecule has 3 aromatic rings. The van der Waals surface area contributed by atoms with E-state index in [0.717, 1.165) is 45.7 Å². The number of thiazole rings is 1. The highest BCUT2D eigenvalue weighted by Gasteiger charge is 2.44. The van der Waals surface area contributed by atoms with Gasteiger partial charge in [0.2, 0.25) is 23.6 Å². The van der Waals surface area contributed by atoms with Crippen LogP contribution in [-0.2, 0) is 36.9 Å². The maximum atomic E-state index is 14.1. The zero-order valence-electron chi connectivity index (χ0n) is 33.8. The first-order valence-electron chi connectivity index (χ1n) is 19.5. The van der Waals surface area contributed by atoms with Crippen molar-refractivity contribution in [1.82, 2.24) is 20.5 Å². The molecule has 1 saturated heterocycles. The second kappa shape index (κ2) is 19.6. The Morgan fingerprint density at radius 1 is 1.04 bits per heavy atom. The van der Waals surface area contributed by atoms with Gasteiger partial charge in [-0.25, -0.2) is 4.98 Å². The van der Waals surface area contributed by atoms with Crippen molar-refractivity contribution >= 4 is 35.0 Å². The number of likely N-dealkylation sites (tertiary alicyclic amines) is 1. The lowest BCUT2D eigenvalue weighted by Gasteiger charge is -2.35. The fourth-order valence-electron chi connectivity index (χ4n) is 6.93. The molecule has 6 atom stereocenters. The van der Waals surface area contributed by atoms with Crippen LogP contribution < -0.4 is 16.4 Å². The van der Waals surface area contributed by atoms with Crippen LogP contribution in [0.3, 0.4) is 0 Å². The van der Waals surface area contributed by atoms with Gasteiger partial charge in [0, 0.05) is 27.2 Å².